The molecule has 15 heavy (non-hydrogen) atoms. The minimum absolute atomic E-state index is 0.169. The summed E-state index contributed by atoms with van der Waals surface area (Å²) in [6.45, 7) is 3.63. The summed E-state index contributed by atoms with van der Waals surface area (Å²) in [5, 5.41) is 0. The summed E-state index contributed by atoms with van der Waals surface area (Å²) < 4.78 is 10.8. The molecule has 0 spiro atoms. The number of ether oxygens (including phenoxy) is 2. The van der Waals surface area contributed by atoms with Gasteiger partial charge >= 0.3 is 6.09 Å². The van der Waals surface area contributed by atoms with E-state index in [1.54, 1.807) is 0 Å². The Morgan fingerprint density at radius 3 is 3.07 bits per heavy atom. The fraction of sp³-hybridized carbons (Fsp3) is 0.909. The lowest BCUT2D eigenvalue weighted by Crippen LogP contribution is -2.54. The van der Waals surface area contributed by atoms with E-state index in [2.05, 4.69) is 0 Å². The maximum absolute atomic E-state index is 11.7. The van der Waals surface area contributed by atoms with Crippen LogP contribution in [0.5, 0.6) is 0 Å². The fourth-order valence-electron chi connectivity index (χ4n) is 2.53. The van der Waals surface area contributed by atoms with E-state index in [1.807, 2.05) is 11.8 Å². The van der Waals surface area contributed by atoms with Gasteiger partial charge in [-0.1, -0.05) is 12.8 Å². The van der Waals surface area contributed by atoms with E-state index in [4.69, 9.17) is 9.47 Å². The SMILES string of the molecule is CCOC(=O)N1CCO[C@H]2CCCC[C@H]21. The van der Waals surface area contributed by atoms with Gasteiger partial charge in [-0.2, -0.15) is 0 Å². The number of amides is 1. The molecule has 0 radical (unpaired) electrons. The van der Waals surface area contributed by atoms with Crippen LogP contribution in [0.4, 0.5) is 4.79 Å². The van der Waals surface area contributed by atoms with Crippen molar-refractivity contribution < 1.29 is 14.3 Å². The summed E-state index contributed by atoms with van der Waals surface area (Å²) >= 11 is 0. The lowest BCUT2D eigenvalue weighted by atomic mass is 9.90. The predicted octanol–water partition coefficient (Wildman–Crippen LogP) is 1.79. The van der Waals surface area contributed by atoms with Gasteiger partial charge in [0.2, 0.25) is 0 Å². The van der Waals surface area contributed by atoms with Crippen LogP contribution in [0.15, 0.2) is 0 Å². The zero-order valence-electron chi connectivity index (χ0n) is 9.28. The van der Waals surface area contributed by atoms with Crippen molar-refractivity contribution in [2.45, 2.75) is 44.8 Å². The Balaban J connectivity index is 2.00. The van der Waals surface area contributed by atoms with Gasteiger partial charge in [0.25, 0.3) is 0 Å². The molecule has 1 aliphatic carbocycles. The number of carbonyl (C=O) groups excluding carboxylic acids is 1. The largest absolute Gasteiger partial charge is 0.450 e. The smallest absolute Gasteiger partial charge is 0.410 e. The van der Waals surface area contributed by atoms with E-state index in [0.29, 0.717) is 19.8 Å². The number of rotatable bonds is 1. The molecule has 1 aliphatic heterocycles. The van der Waals surface area contributed by atoms with Gasteiger partial charge in [-0.05, 0) is 19.8 Å². The third-order valence-corrected chi connectivity index (χ3v) is 3.23. The Morgan fingerprint density at radius 1 is 1.47 bits per heavy atom. The van der Waals surface area contributed by atoms with Gasteiger partial charge in [-0.3, -0.25) is 0 Å². The highest BCUT2D eigenvalue weighted by molar-refractivity contribution is 5.68. The van der Waals surface area contributed by atoms with Crippen molar-refractivity contribution in [1.29, 1.82) is 0 Å². The molecule has 2 rings (SSSR count). The lowest BCUT2D eigenvalue weighted by Gasteiger charge is -2.42. The third kappa shape index (κ3) is 2.25. The number of hydrogen-bond donors (Lipinski definition) is 0. The van der Waals surface area contributed by atoms with Gasteiger partial charge in [-0.25, -0.2) is 4.79 Å². The maximum Gasteiger partial charge on any atom is 0.410 e. The molecule has 0 aromatic rings. The van der Waals surface area contributed by atoms with Crippen LogP contribution in [0, 0.1) is 0 Å². The van der Waals surface area contributed by atoms with Gasteiger partial charge in [-0.15, -0.1) is 0 Å². The molecule has 4 nitrogen and oxygen atoms in total. The normalized spacial score (nSPS) is 30.9. The zero-order chi connectivity index (χ0) is 10.7. The number of fused-ring (bicyclic) bond motifs is 1. The second-order valence-corrected chi connectivity index (χ2v) is 4.15. The van der Waals surface area contributed by atoms with Crippen molar-refractivity contribution in [3.8, 4) is 0 Å². The molecule has 0 bridgehead atoms. The molecule has 0 aromatic heterocycles. The van der Waals surface area contributed by atoms with Crippen molar-refractivity contribution in [3.63, 3.8) is 0 Å². The first-order valence-corrected chi connectivity index (χ1v) is 5.88. The molecule has 1 saturated heterocycles. The topological polar surface area (TPSA) is 38.8 Å². The van der Waals surface area contributed by atoms with Crippen molar-refractivity contribution >= 4 is 6.09 Å². The maximum atomic E-state index is 11.7. The zero-order valence-corrected chi connectivity index (χ0v) is 9.28. The fourth-order valence-corrected chi connectivity index (χ4v) is 2.53. The molecule has 4 heteroatoms. The van der Waals surface area contributed by atoms with Crippen molar-refractivity contribution in [2.24, 2.45) is 0 Å². The molecule has 1 heterocycles. The minimum Gasteiger partial charge on any atom is -0.450 e. The summed E-state index contributed by atoms with van der Waals surface area (Å²) in [6.07, 6.45) is 4.64. The summed E-state index contributed by atoms with van der Waals surface area (Å²) in [5.41, 5.74) is 0. The number of hydrogen-bond acceptors (Lipinski definition) is 3. The molecule has 2 aliphatic rings. The number of carbonyl (C=O) groups is 1. The van der Waals surface area contributed by atoms with Crippen molar-refractivity contribution in [1.82, 2.24) is 4.90 Å². The van der Waals surface area contributed by atoms with Gasteiger partial charge in [0.15, 0.2) is 0 Å². The molecule has 0 unspecified atom stereocenters. The van der Waals surface area contributed by atoms with Crippen LogP contribution in [-0.4, -0.2) is 42.9 Å². The van der Waals surface area contributed by atoms with E-state index in [1.165, 1.54) is 12.8 Å². The molecule has 86 valence electrons. The van der Waals surface area contributed by atoms with Gasteiger partial charge in [0.05, 0.1) is 25.4 Å². The van der Waals surface area contributed by atoms with Crippen molar-refractivity contribution in [3.05, 3.63) is 0 Å². The Labute approximate surface area is 90.5 Å². The summed E-state index contributed by atoms with van der Waals surface area (Å²) in [4.78, 5) is 13.6. The molecular weight excluding hydrogens is 194 g/mol. The van der Waals surface area contributed by atoms with E-state index in [0.717, 1.165) is 12.8 Å². The standard InChI is InChI=1S/C11H19NO3/c1-2-14-11(13)12-7-8-15-10-6-4-3-5-9(10)12/h9-10H,2-8H2,1H3/t9-,10+/m1/s1. The van der Waals surface area contributed by atoms with Crippen LogP contribution in [0.2, 0.25) is 0 Å². The van der Waals surface area contributed by atoms with Crippen LogP contribution < -0.4 is 0 Å². The van der Waals surface area contributed by atoms with E-state index in [-0.39, 0.29) is 18.2 Å². The first-order valence-electron chi connectivity index (χ1n) is 5.88. The van der Waals surface area contributed by atoms with E-state index < -0.39 is 0 Å². The Kier molecular flexibility index (Phi) is 3.46. The van der Waals surface area contributed by atoms with Crippen LogP contribution in [-0.2, 0) is 9.47 Å². The number of nitrogens with zero attached hydrogens (tertiary/aromatic N) is 1. The van der Waals surface area contributed by atoms with Gasteiger partial charge in [0.1, 0.15) is 0 Å². The molecule has 2 atom stereocenters. The molecule has 1 amide bonds. The van der Waals surface area contributed by atoms with Crippen LogP contribution in [0.25, 0.3) is 0 Å². The second-order valence-electron chi connectivity index (χ2n) is 4.15. The van der Waals surface area contributed by atoms with Gasteiger partial charge < -0.3 is 14.4 Å². The predicted molar refractivity (Wildman–Crippen MR) is 55.7 cm³/mol. The van der Waals surface area contributed by atoms with Crippen LogP contribution in [0.1, 0.15) is 32.6 Å². The number of morpholine rings is 1. The monoisotopic (exact) mass is 213 g/mol. The molecule has 2 fully saturated rings. The summed E-state index contributed by atoms with van der Waals surface area (Å²) in [5.74, 6) is 0. The summed E-state index contributed by atoms with van der Waals surface area (Å²) in [6, 6.07) is 0.256. The second kappa shape index (κ2) is 4.84. The molecule has 0 N–H and O–H groups in total. The third-order valence-electron chi connectivity index (χ3n) is 3.23. The first kappa shape index (κ1) is 10.7. The van der Waals surface area contributed by atoms with E-state index >= 15 is 0 Å². The quantitative estimate of drug-likeness (QED) is 0.666. The lowest BCUT2D eigenvalue weighted by molar-refractivity contribution is -0.0810. The highest BCUT2D eigenvalue weighted by atomic mass is 16.6. The van der Waals surface area contributed by atoms with Gasteiger partial charge in [0, 0.05) is 6.54 Å². The van der Waals surface area contributed by atoms with Crippen LogP contribution >= 0.6 is 0 Å². The minimum atomic E-state index is -0.169. The average molecular weight is 213 g/mol. The molecule has 0 aromatic carbocycles. The average Bonchev–Trinajstić information content (AvgIpc) is 2.28. The molecule has 1 saturated carbocycles. The first-order chi connectivity index (χ1) is 7.33. The van der Waals surface area contributed by atoms with Crippen LogP contribution in [0.3, 0.4) is 0 Å². The highest BCUT2D eigenvalue weighted by Gasteiger charge is 2.37. The highest BCUT2D eigenvalue weighted by Crippen LogP contribution is 2.28. The Morgan fingerprint density at radius 2 is 2.27 bits per heavy atom. The molecular formula is C11H19NO3. The summed E-state index contributed by atoms with van der Waals surface area (Å²) in [7, 11) is 0. The Hall–Kier alpha value is -0.770. The Bertz CT molecular complexity index is 230. The van der Waals surface area contributed by atoms with E-state index in [9.17, 15) is 4.79 Å². The van der Waals surface area contributed by atoms with Crippen molar-refractivity contribution in [2.75, 3.05) is 19.8 Å².